The van der Waals surface area contributed by atoms with E-state index in [0.717, 1.165) is 11.8 Å². The van der Waals surface area contributed by atoms with E-state index < -0.39 is 11.9 Å². The van der Waals surface area contributed by atoms with Gasteiger partial charge in [-0.1, -0.05) is 36.4 Å². The van der Waals surface area contributed by atoms with Gasteiger partial charge in [0.25, 0.3) is 11.1 Å². The number of nitrogens with zero attached hydrogens (tertiary/aromatic N) is 3. The van der Waals surface area contributed by atoms with Gasteiger partial charge in [0.15, 0.2) is 5.58 Å². The Bertz CT molecular complexity index is 1090. The maximum Gasteiger partial charge on any atom is 0.261 e. The number of hydrazone groups is 1. The molecular formula is C20H14N3O4S-. The largest absolute Gasteiger partial charge is 0.544 e. The summed E-state index contributed by atoms with van der Waals surface area (Å²) in [5.41, 5.74) is 2.27. The molecule has 0 aliphatic carbocycles. The van der Waals surface area contributed by atoms with Crippen LogP contribution in [0.15, 0.2) is 80.3 Å². The summed E-state index contributed by atoms with van der Waals surface area (Å²) in [7, 11) is 0. The Morgan fingerprint density at radius 3 is 2.61 bits per heavy atom. The van der Waals surface area contributed by atoms with Crippen LogP contribution in [0.5, 0.6) is 0 Å². The molecule has 140 valence electrons. The first-order valence-corrected chi connectivity index (χ1v) is 9.25. The molecule has 2 aromatic carbocycles. The van der Waals surface area contributed by atoms with Crippen LogP contribution in [-0.2, 0) is 9.59 Å². The summed E-state index contributed by atoms with van der Waals surface area (Å²) in [5, 5.41) is 17.3. The van der Waals surface area contributed by atoms with Crippen molar-refractivity contribution in [2.45, 2.75) is 12.1 Å². The topological polar surface area (TPSA) is 98.8 Å². The normalized spacial score (nSPS) is 17.2. The van der Waals surface area contributed by atoms with Crippen LogP contribution in [0.2, 0.25) is 0 Å². The Labute approximate surface area is 164 Å². The van der Waals surface area contributed by atoms with E-state index >= 15 is 0 Å². The molecule has 1 amide bonds. The molecule has 1 aliphatic heterocycles. The summed E-state index contributed by atoms with van der Waals surface area (Å²) >= 11 is 0.806. The number of carboxylic acids is 1. The number of benzene rings is 2. The highest BCUT2D eigenvalue weighted by Gasteiger charge is 2.33. The molecular weight excluding hydrogens is 378 g/mol. The molecule has 0 spiro atoms. The smallest absolute Gasteiger partial charge is 0.261 e. The zero-order valence-electron chi connectivity index (χ0n) is 14.7. The summed E-state index contributed by atoms with van der Waals surface area (Å²) in [4.78, 5) is 28.5. The van der Waals surface area contributed by atoms with Crippen LogP contribution in [-0.4, -0.2) is 22.6 Å². The molecule has 1 atom stereocenters. The molecule has 4 rings (SSSR count). The Morgan fingerprint density at radius 2 is 1.89 bits per heavy atom. The van der Waals surface area contributed by atoms with Gasteiger partial charge in [-0.15, -0.1) is 0 Å². The number of hydrogen-bond acceptors (Lipinski definition) is 7. The quantitative estimate of drug-likeness (QED) is 0.489. The number of amides is 1. The number of anilines is 1. The monoisotopic (exact) mass is 392 g/mol. The zero-order valence-corrected chi connectivity index (χ0v) is 15.6. The van der Waals surface area contributed by atoms with Crippen LogP contribution in [0.1, 0.15) is 6.92 Å². The van der Waals surface area contributed by atoms with Crippen LogP contribution < -0.4 is 10.1 Å². The Balaban J connectivity index is 1.62. The third-order valence-corrected chi connectivity index (χ3v) is 5.05. The number of hydrogen-bond donors (Lipinski definition) is 0. The molecule has 8 heteroatoms. The first-order chi connectivity index (χ1) is 13.5. The highest BCUT2D eigenvalue weighted by Crippen LogP contribution is 2.32. The maximum absolute atomic E-state index is 12.8. The Morgan fingerprint density at radius 1 is 1.18 bits per heavy atom. The van der Waals surface area contributed by atoms with E-state index in [-0.39, 0.29) is 16.0 Å². The summed E-state index contributed by atoms with van der Waals surface area (Å²) in [6, 6.07) is 16.1. The number of oxazole rings is 1. The molecule has 1 aliphatic rings. The second-order valence-corrected chi connectivity index (χ2v) is 7.07. The van der Waals surface area contributed by atoms with E-state index in [0.29, 0.717) is 22.5 Å². The Kier molecular flexibility index (Phi) is 4.70. The molecule has 7 nitrogen and oxygen atoms in total. The van der Waals surface area contributed by atoms with E-state index in [1.807, 2.05) is 12.1 Å². The van der Waals surface area contributed by atoms with Crippen molar-refractivity contribution in [2.75, 3.05) is 5.01 Å². The van der Waals surface area contributed by atoms with Crippen LogP contribution in [0, 0.1) is 5.92 Å². The van der Waals surface area contributed by atoms with Crippen LogP contribution in [0.25, 0.3) is 11.1 Å². The minimum Gasteiger partial charge on any atom is -0.544 e. The zero-order chi connectivity index (χ0) is 19.7. The van der Waals surface area contributed by atoms with Crippen molar-refractivity contribution in [1.29, 1.82) is 0 Å². The SMILES string of the molecule is CC1=NN(c2ccccc2)C(=O)[C@@H]1/C=C(\Sc1nc2ccccc2o1)C(=O)[O-]. The lowest BCUT2D eigenvalue weighted by Gasteiger charge is -2.13. The number of thioether (sulfide) groups is 1. The van der Waals surface area contributed by atoms with E-state index in [1.54, 1.807) is 49.4 Å². The van der Waals surface area contributed by atoms with Crippen molar-refractivity contribution >= 4 is 46.1 Å². The number of carbonyl (C=O) groups excluding carboxylic acids is 2. The lowest BCUT2D eigenvalue weighted by atomic mass is 10.0. The molecule has 0 saturated heterocycles. The molecule has 0 unspecified atom stereocenters. The lowest BCUT2D eigenvalue weighted by Crippen LogP contribution is -2.28. The van der Waals surface area contributed by atoms with Gasteiger partial charge in [0, 0.05) is 4.91 Å². The van der Waals surface area contributed by atoms with Crippen molar-refractivity contribution < 1.29 is 19.1 Å². The highest BCUT2D eigenvalue weighted by molar-refractivity contribution is 8.03. The van der Waals surface area contributed by atoms with Gasteiger partial charge in [0.2, 0.25) is 0 Å². The number of carbonyl (C=O) groups is 2. The Hall–Kier alpha value is -3.39. The van der Waals surface area contributed by atoms with Gasteiger partial charge in [-0.2, -0.15) is 10.1 Å². The van der Waals surface area contributed by atoms with Crippen LogP contribution in [0.3, 0.4) is 0 Å². The number of fused-ring (bicyclic) bond motifs is 1. The minimum absolute atomic E-state index is 0.158. The molecule has 0 radical (unpaired) electrons. The molecule has 0 bridgehead atoms. The number of rotatable bonds is 5. The third kappa shape index (κ3) is 3.41. The van der Waals surface area contributed by atoms with Gasteiger partial charge < -0.3 is 14.3 Å². The van der Waals surface area contributed by atoms with Gasteiger partial charge in [-0.3, -0.25) is 4.79 Å². The first kappa shape index (κ1) is 18.0. The predicted octanol–water partition coefficient (Wildman–Crippen LogP) is 2.59. The van der Waals surface area contributed by atoms with Gasteiger partial charge in [0.1, 0.15) is 5.52 Å². The second-order valence-electron chi connectivity index (χ2n) is 6.07. The van der Waals surface area contributed by atoms with Gasteiger partial charge >= 0.3 is 0 Å². The van der Waals surface area contributed by atoms with Crippen molar-refractivity contribution in [3.63, 3.8) is 0 Å². The third-order valence-electron chi connectivity index (χ3n) is 4.17. The average molecular weight is 392 g/mol. The van der Waals surface area contributed by atoms with Gasteiger partial charge in [-0.25, -0.2) is 4.98 Å². The van der Waals surface area contributed by atoms with E-state index in [9.17, 15) is 14.7 Å². The van der Waals surface area contributed by atoms with Crippen LogP contribution >= 0.6 is 11.8 Å². The van der Waals surface area contributed by atoms with E-state index in [4.69, 9.17) is 4.42 Å². The summed E-state index contributed by atoms with van der Waals surface area (Å²) in [6.07, 6.45) is 1.33. The highest BCUT2D eigenvalue weighted by atomic mass is 32.2. The predicted molar refractivity (Wildman–Crippen MR) is 103 cm³/mol. The van der Waals surface area contributed by atoms with Gasteiger partial charge in [0.05, 0.1) is 23.3 Å². The fraction of sp³-hybridized carbons (Fsp3) is 0.100. The van der Waals surface area contributed by atoms with Crippen molar-refractivity contribution in [3.8, 4) is 0 Å². The molecule has 28 heavy (non-hydrogen) atoms. The molecule has 0 saturated carbocycles. The summed E-state index contributed by atoms with van der Waals surface area (Å²) < 4.78 is 5.55. The molecule has 2 heterocycles. The van der Waals surface area contributed by atoms with Crippen molar-refractivity contribution in [3.05, 3.63) is 65.6 Å². The number of aromatic nitrogens is 1. The van der Waals surface area contributed by atoms with Crippen LogP contribution in [0.4, 0.5) is 5.69 Å². The standard InChI is InChI=1S/C20H15N3O4S/c1-12-14(18(24)23(22-12)13-7-3-2-4-8-13)11-17(19(25)26)28-20-21-15-9-5-6-10-16(15)27-20/h2-11,14H,1H3,(H,25,26)/p-1/b17-11-/t14-/m1/s1. The molecule has 0 fully saturated rings. The number of carboxylic acid groups (broad SMARTS) is 1. The fourth-order valence-corrected chi connectivity index (χ4v) is 3.56. The number of aliphatic carboxylic acids is 1. The minimum atomic E-state index is -1.41. The second kappa shape index (κ2) is 7.32. The number of para-hydroxylation sites is 3. The maximum atomic E-state index is 12.8. The summed E-state index contributed by atoms with van der Waals surface area (Å²) in [6.45, 7) is 1.68. The van der Waals surface area contributed by atoms with Gasteiger partial charge in [-0.05, 0) is 43.0 Å². The molecule has 0 N–H and O–H groups in total. The molecule has 3 aromatic rings. The lowest BCUT2D eigenvalue weighted by molar-refractivity contribution is -0.298. The van der Waals surface area contributed by atoms with E-state index in [2.05, 4.69) is 10.1 Å². The van der Waals surface area contributed by atoms with E-state index in [1.165, 1.54) is 11.1 Å². The van der Waals surface area contributed by atoms with Crippen molar-refractivity contribution in [1.82, 2.24) is 4.98 Å². The molecule has 1 aromatic heterocycles. The fourth-order valence-electron chi connectivity index (χ4n) is 2.81. The summed E-state index contributed by atoms with van der Waals surface area (Å²) in [5.74, 6) is -2.54. The van der Waals surface area contributed by atoms with Crippen molar-refractivity contribution in [2.24, 2.45) is 11.0 Å². The first-order valence-electron chi connectivity index (χ1n) is 8.43. The average Bonchev–Trinajstić information content (AvgIpc) is 3.23.